The maximum absolute atomic E-state index is 13.1. The van der Waals surface area contributed by atoms with Gasteiger partial charge in [-0.3, -0.25) is 9.59 Å². The summed E-state index contributed by atoms with van der Waals surface area (Å²) in [5, 5.41) is 21.2. The monoisotopic (exact) mass is 497 g/mol. The number of likely N-dealkylation sites (tertiary alicyclic amines) is 1. The molecular weight excluding hydrogens is 478 g/mol. The predicted octanol–water partition coefficient (Wildman–Crippen LogP) is 4.77. The van der Waals surface area contributed by atoms with Gasteiger partial charge in [0.25, 0.3) is 11.7 Å². The predicted molar refractivity (Wildman–Crippen MR) is 120 cm³/mol. The van der Waals surface area contributed by atoms with Crippen LogP contribution in [0.3, 0.4) is 0 Å². The van der Waals surface area contributed by atoms with Gasteiger partial charge in [0.15, 0.2) is 11.5 Å². The third-order valence-electron chi connectivity index (χ3n) is 5.16. The molecule has 32 heavy (non-hydrogen) atoms. The molecular formula is C24H20BrNO6. The van der Waals surface area contributed by atoms with E-state index < -0.39 is 17.7 Å². The van der Waals surface area contributed by atoms with Gasteiger partial charge in [0.05, 0.1) is 31.0 Å². The van der Waals surface area contributed by atoms with E-state index >= 15 is 0 Å². The molecule has 4 rings (SSSR count). The molecule has 1 amide bonds. The lowest BCUT2D eigenvalue weighted by Gasteiger charge is -2.25. The van der Waals surface area contributed by atoms with Gasteiger partial charge >= 0.3 is 0 Å². The fourth-order valence-electron chi connectivity index (χ4n) is 3.70. The number of furan rings is 1. The highest BCUT2D eigenvalue weighted by atomic mass is 79.9. The number of aromatic hydroxyl groups is 1. The molecule has 7 nitrogen and oxygen atoms in total. The van der Waals surface area contributed by atoms with Crippen LogP contribution >= 0.6 is 15.9 Å². The smallest absolute Gasteiger partial charge is 0.296 e. The lowest BCUT2D eigenvalue weighted by atomic mass is 9.95. The standard InChI is InChI=1S/C24H20BrNO6/c1-2-31-19-12-15(7-10-18(19)27)21-20(22(28)14-5-8-16(25)9-6-14)23(29)24(30)26(21)13-17-4-3-11-32-17/h3-12,21,27-28H,2,13H2,1H3/b22-20+. The molecule has 0 radical (unpaired) electrons. The van der Waals surface area contributed by atoms with Gasteiger partial charge in [-0.1, -0.05) is 34.1 Å². The minimum Gasteiger partial charge on any atom is -0.507 e. The number of hydrogen-bond acceptors (Lipinski definition) is 6. The molecule has 3 aromatic rings. The van der Waals surface area contributed by atoms with E-state index in [-0.39, 0.29) is 29.4 Å². The summed E-state index contributed by atoms with van der Waals surface area (Å²) in [6, 6.07) is 13.9. The number of benzene rings is 2. The van der Waals surface area contributed by atoms with Crippen LogP contribution in [-0.2, 0) is 16.1 Å². The number of halogens is 1. The molecule has 2 aromatic carbocycles. The molecule has 0 saturated carbocycles. The van der Waals surface area contributed by atoms with Crippen molar-refractivity contribution in [3.05, 3.63) is 87.8 Å². The minimum absolute atomic E-state index is 0.0319. The lowest BCUT2D eigenvalue weighted by Crippen LogP contribution is -2.29. The SMILES string of the molecule is CCOc1cc(C2/C(=C(\O)c3ccc(Br)cc3)C(=O)C(=O)N2Cc2ccco2)ccc1O. The molecule has 1 unspecified atom stereocenters. The Kier molecular flexibility index (Phi) is 6.05. The number of carbonyl (C=O) groups excluding carboxylic acids is 2. The Morgan fingerprint density at radius 3 is 2.56 bits per heavy atom. The van der Waals surface area contributed by atoms with Crippen molar-refractivity contribution in [1.29, 1.82) is 0 Å². The third-order valence-corrected chi connectivity index (χ3v) is 5.69. The Morgan fingerprint density at radius 2 is 1.91 bits per heavy atom. The van der Waals surface area contributed by atoms with E-state index in [0.29, 0.717) is 23.5 Å². The summed E-state index contributed by atoms with van der Waals surface area (Å²) in [4.78, 5) is 27.4. The first kappa shape index (κ1) is 21.7. The molecule has 2 heterocycles. The second-order valence-corrected chi connectivity index (χ2v) is 8.09. The molecule has 164 valence electrons. The van der Waals surface area contributed by atoms with Crippen LogP contribution < -0.4 is 4.74 Å². The molecule has 0 spiro atoms. The Bertz CT molecular complexity index is 1180. The molecule has 1 fully saturated rings. The van der Waals surface area contributed by atoms with Crippen LogP contribution in [0.2, 0.25) is 0 Å². The van der Waals surface area contributed by atoms with Crippen molar-refractivity contribution in [2.45, 2.75) is 19.5 Å². The average Bonchev–Trinajstić information content (AvgIpc) is 3.38. The van der Waals surface area contributed by atoms with Gasteiger partial charge in [0.2, 0.25) is 0 Å². The summed E-state index contributed by atoms with van der Waals surface area (Å²) in [5.41, 5.74) is 0.866. The summed E-state index contributed by atoms with van der Waals surface area (Å²) in [5.74, 6) is -1.19. The van der Waals surface area contributed by atoms with Gasteiger partial charge in [-0.2, -0.15) is 0 Å². The molecule has 0 bridgehead atoms. The first-order chi connectivity index (χ1) is 15.4. The fraction of sp³-hybridized carbons (Fsp3) is 0.167. The maximum atomic E-state index is 13.1. The molecule has 1 aromatic heterocycles. The van der Waals surface area contributed by atoms with Crippen LogP contribution in [-0.4, -0.2) is 33.4 Å². The summed E-state index contributed by atoms with van der Waals surface area (Å²) in [7, 11) is 0. The fourth-order valence-corrected chi connectivity index (χ4v) is 3.96. The summed E-state index contributed by atoms with van der Waals surface area (Å²) >= 11 is 3.35. The van der Waals surface area contributed by atoms with Gasteiger partial charge in [-0.05, 0) is 48.9 Å². The molecule has 1 aliphatic rings. The molecule has 1 saturated heterocycles. The zero-order chi connectivity index (χ0) is 22.8. The Balaban J connectivity index is 1.88. The Morgan fingerprint density at radius 1 is 1.16 bits per heavy atom. The van der Waals surface area contributed by atoms with Gasteiger partial charge in [-0.15, -0.1) is 0 Å². The van der Waals surface area contributed by atoms with Crippen molar-refractivity contribution in [3.63, 3.8) is 0 Å². The van der Waals surface area contributed by atoms with E-state index in [1.54, 1.807) is 55.5 Å². The van der Waals surface area contributed by atoms with Crippen molar-refractivity contribution in [3.8, 4) is 11.5 Å². The van der Waals surface area contributed by atoms with Gasteiger partial charge in [-0.25, -0.2) is 0 Å². The number of Topliss-reactive ketones (excluding diaryl/α,β-unsaturated/α-hetero) is 1. The van der Waals surface area contributed by atoms with Crippen LogP contribution in [0.15, 0.2) is 75.3 Å². The highest BCUT2D eigenvalue weighted by Gasteiger charge is 2.46. The molecule has 0 aliphatic carbocycles. The van der Waals surface area contributed by atoms with Crippen LogP contribution in [0.4, 0.5) is 0 Å². The number of amides is 1. The zero-order valence-electron chi connectivity index (χ0n) is 17.1. The van der Waals surface area contributed by atoms with E-state index in [1.165, 1.54) is 17.2 Å². The molecule has 8 heteroatoms. The van der Waals surface area contributed by atoms with Crippen LogP contribution in [0.1, 0.15) is 29.9 Å². The number of aliphatic hydroxyl groups is 1. The largest absolute Gasteiger partial charge is 0.507 e. The highest BCUT2D eigenvalue weighted by Crippen LogP contribution is 2.42. The number of hydrogen-bond donors (Lipinski definition) is 2. The van der Waals surface area contributed by atoms with Gasteiger partial charge in [0, 0.05) is 10.0 Å². The zero-order valence-corrected chi connectivity index (χ0v) is 18.7. The van der Waals surface area contributed by atoms with Crippen molar-refractivity contribution in [1.82, 2.24) is 4.90 Å². The summed E-state index contributed by atoms with van der Waals surface area (Å²) in [6.45, 7) is 2.13. The van der Waals surface area contributed by atoms with E-state index in [9.17, 15) is 19.8 Å². The molecule has 1 aliphatic heterocycles. The van der Waals surface area contributed by atoms with Crippen molar-refractivity contribution < 1.29 is 29.0 Å². The number of rotatable bonds is 6. The van der Waals surface area contributed by atoms with Crippen molar-refractivity contribution in [2.24, 2.45) is 0 Å². The Labute approximate surface area is 192 Å². The number of carbonyl (C=O) groups is 2. The van der Waals surface area contributed by atoms with Gasteiger partial charge < -0.3 is 24.3 Å². The quantitative estimate of drug-likeness (QED) is 0.289. The number of aliphatic hydroxyl groups excluding tert-OH is 1. The first-order valence-electron chi connectivity index (χ1n) is 9.93. The van der Waals surface area contributed by atoms with Crippen LogP contribution in [0.25, 0.3) is 5.76 Å². The number of phenolic OH excluding ortho intramolecular Hbond substituents is 1. The lowest BCUT2D eigenvalue weighted by molar-refractivity contribution is -0.140. The highest BCUT2D eigenvalue weighted by molar-refractivity contribution is 9.10. The second-order valence-electron chi connectivity index (χ2n) is 7.17. The normalized spacial score (nSPS) is 17.7. The van der Waals surface area contributed by atoms with Crippen LogP contribution in [0.5, 0.6) is 11.5 Å². The number of nitrogens with zero attached hydrogens (tertiary/aromatic N) is 1. The summed E-state index contributed by atoms with van der Waals surface area (Å²) < 4.78 is 11.7. The summed E-state index contributed by atoms with van der Waals surface area (Å²) in [6.07, 6.45) is 1.48. The first-order valence-corrected chi connectivity index (χ1v) is 10.7. The van der Waals surface area contributed by atoms with Crippen LogP contribution in [0, 0.1) is 0 Å². The number of phenols is 1. The van der Waals surface area contributed by atoms with E-state index in [4.69, 9.17) is 9.15 Å². The van der Waals surface area contributed by atoms with E-state index in [2.05, 4.69) is 15.9 Å². The van der Waals surface area contributed by atoms with Gasteiger partial charge in [0.1, 0.15) is 11.5 Å². The Hall–Kier alpha value is -3.52. The van der Waals surface area contributed by atoms with E-state index in [1.807, 2.05) is 0 Å². The number of ether oxygens (including phenoxy) is 1. The molecule has 2 N–H and O–H groups in total. The molecule has 1 atom stereocenters. The minimum atomic E-state index is -0.899. The third kappa shape index (κ3) is 4.01. The topological polar surface area (TPSA) is 100 Å². The number of ketones is 1. The van der Waals surface area contributed by atoms with Crippen molar-refractivity contribution >= 4 is 33.4 Å². The maximum Gasteiger partial charge on any atom is 0.296 e. The second kappa shape index (κ2) is 8.92. The van der Waals surface area contributed by atoms with Crippen molar-refractivity contribution in [2.75, 3.05) is 6.61 Å². The average molecular weight is 498 g/mol. The van der Waals surface area contributed by atoms with E-state index in [0.717, 1.165) is 4.47 Å².